The Hall–Kier alpha value is -1.99. The monoisotopic (exact) mass is 390 g/mol. The number of hydrogen-bond donors (Lipinski definition) is 1. The first-order chi connectivity index (χ1) is 11.1. The van der Waals surface area contributed by atoms with Gasteiger partial charge in [0, 0.05) is 15.9 Å². The summed E-state index contributed by atoms with van der Waals surface area (Å²) in [6.07, 6.45) is 0.823. The summed E-state index contributed by atoms with van der Waals surface area (Å²) in [4.78, 5) is 13.5. The molecule has 0 saturated heterocycles. The molecule has 0 radical (unpaired) electrons. The number of carbonyl (C=O) groups is 1. The van der Waals surface area contributed by atoms with Crippen molar-refractivity contribution in [2.45, 2.75) is 13.3 Å². The van der Waals surface area contributed by atoms with Crippen molar-refractivity contribution in [3.05, 3.63) is 62.5 Å². The highest BCUT2D eigenvalue weighted by Gasteiger charge is 2.16. The molecule has 1 aromatic carbocycles. The van der Waals surface area contributed by atoms with Crippen molar-refractivity contribution in [2.75, 3.05) is 6.54 Å². The summed E-state index contributed by atoms with van der Waals surface area (Å²) >= 11 is 5.09. The highest BCUT2D eigenvalue weighted by Crippen LogP contribution is 2.16. The minimum Gasteiger partial charge on any atom is -0.350 e. The van der Waals surface area contributed by atoms with Crippen LogP contribution in [0.2, 0.25) is 0 Å². The van der Waals surface area contributed by atoms with Crippen molar-refractivity contribution >= 4 is 33.2 Å². The average Bonchev–Trinajstić information content (AvgIpc) is 3.18. The molecular weight excluding hydrogens is 376 g/mol. The second-order valence-corrected chi connectivity index (χ2v) is 6.94. The van der Waals surface area contributed by atoms with Gasteiger partial charge in [0.1, 0.15) is 0 Å². The van der Waals surface area contributed by atoms with Gasteiger partial charge in [-0.2, -0.15) is 0 Å². The molecule has 0 bridgehead atoms. The van der Waals surface area contributed by atoms with Gasteiger partial charge >= 0.3 is 0 Å². The Kier molecular flexibility index (Phi) is 4.88. The van der Waals surface area contributed by atoms with Crippen LogP contribution in [0.25, 0.3) is 5.69 Å². The first-order valence-electron chi connectivity index (χ1n) is 7.14. The van der Waals surface area contributed by atoms with Crippen LogP contribution in [0.5, 0.6) is 0 Å². The number of aromatic nitrogens is 3. The van der Waals surface area contributed by atoms with E-state index >= 15 is 0 Å². The maximum Gasteiger partial charge on any atom is 0.273 e. The number of rotatable bonds is 5. The predicted molar refractivity (Wildman–Crippen MR) is 94.2 cm³/mol. The summed E-state index contributed by atoms with van der Waals surface area (Å²) in [6.45, 7) is 2.43. The van der Waals surface area contributed by atoms with Crippen LogP contribution in [-0.4, -0.2) is 27.4 Å². The lowest BCUT2D eigenvalue weighted by molar-refractivity contribution is 0.0948. The molecule has 118 valence electrons. The van der Waals surface area contributed by atoms with Crippen molar-refractivity contribution < 1.29 is 4.79 Å². The zero-order valence-electron chi connectivity index (χ0n) is 12.5. The number of halogens is 1. The Labute approximate surface area is 146 Å². The summed E-state index contributed by atoms with van der Waals surface area (Å²) in [5.74, 6) is -0.192. The first-order valence-corrected chi connectivity index (χ1v) is 8.81. The molecule has 3 rings (SSSR count). The Balaban J connectivity index is 1.68. The fourth-order valence-electron chi connectivity index (χ4n) is 2.20. The summed E-state index contributed by atoms with van der Waals surface area (Å²) < 4.78 is 2.66. The van der Waals surface area contributed by atoms with E-state index in [2.05, 4.69) is 37.6 Å². The molecule has 23 heavy (non-hydrogen) atoms. The topological polar surface area (TPSA) is 59.8 Å². The first kappa shape index (κ1) is 15.9. The highest BCUT2D eigenvalue weighted by atomic mass is 79.9. The van der Waals surface area contributed by atoms with E-state index in [1.165, 1.54) is 4.88 Å². The molecule has 0 aliphatic carbocycles. The van der Waals surface area contributed by atoms with Crippen molar-refractivity contribution in [3.63, 3.8) is 0 Å². The van der Waals surface area contributed by atoms with Gasteiger partial charge in [0.25, 0.3) is 5.91 Å². The second kappa shape index (κ2) is 7.06. The number of amides is 1. The van der Waals surface area contributed by atoms with E-state index in [1.54, 1.807) is 16.0 Å². The largest absolute Gasteiger partial charge is 0.350 e. The van der Waals surface area contributed by atoms with Crippen molar-refractivity contribution in [1.29, 1.82) is 0 Å². The Morgan fingerprint density at radius 2 is 2.09 bits per heavy atom. The van der Waals surface area contributed by atoms with E-state index in [0.29, 0.717) is 12.2 Å². The molecular formula is C16H15BrN4OS. The van der Waals surface area contributed by atoms with E-state index in [0.717, 1.165) is 22.3 Å². The van der Waals surface area contributed by atoms with Crippen LogP contribution in [0.3, 0.4) is 0 Å². The number of benzene rings is 1. The van der Waals surface area contributed by atoms with Crippen LogP contribution in [0.4, 0.5) is 0 Å². The number of thiophene rings is 1. The third-order valence-electron chi connectivity index (χ3n) is 3.42. The fraction of sp³-hybridized carbons (Fsp3) is 0.188. The van der Waals surface area contributed by atoms with E-state index < -0.39 is 0 Å². The quantitative estimate of drug-likeness (QED) is 0.726. The maximum atomic E-state index is 12.3. The van der Waals surface area contributed by atoms with Gasteiger partial charge in [-0.3, -0.25) is 4.79 Å². The Morgan fingerprint density at radius 1 is 1.30 bits per heavy atom. The molecule has 2 aromatic heterocycles. The number of hydrogen-bond acceptors (Lipinski definition) is 4. The van der Waals surface area contributed by atoms with E-state index in [9.17, 15) is 4.79 Å². The summed E-state index contributed by atoms with van der Waals surface area (Å²) in [6, 6.07) is 11.8. The van der Waals surface area contributed by atoms with Gasteiger partial charge in [-0.05, 0) is 49.1 Å². The Morgan fingerprint density at radius 3 is 2.78 bits per heavy atom. The molecule has 0 aliphatic rings. The molecule has 0 atom stereocenters. The number of nitrogens with one attached hydrogen (secondary N) is 1. The highest BCUT2D eigenvalue weighted by molar-refractivity contribution is 9.10. The number of nitrogens with zero attached hydrogens (tertiary/aromatic N) is 3. The molecule has 1 N–H and O–H groups in total. The zero-order chi connectivity index (χ0) is 16.2. The van der Waals surface area contributed by atoms with Gasteiger partial charge < -0.3 is 5.32 Å². The molecule has 0 spiro atoms. The summed E-state index contributed by atoms with van der Waals surface area (Å²) in [5.41, 5.74) is 1.95. The Bertz CT molecular complexity index is 796. The summed E-state index contributed by atoms with van der Waals surface area (Å²) in [5, 5.41) is 13.0. The summed E-state index contributed by atoms with van der Waals surface area (Å²) in [7, 11) is 0. The molecule has 0 aliphatic heterocycles. The molecule has 0 fully saturated rings. The second-order valence-electron chi connectivity index (χ2n) is 5.00. The third-order valence-corrected chi connectivity index (χ3v) is 4.88. The maximum absolute atomic E-state index is 12.3. The van der Waals surface area contributed by atoms with Crippen LogP contribution in [0.15, 0.2) is 46.3 Å². The molecule has 5 nitrogen and oxygen atoms in total. The van der Waals surface area contributed by atoms with Crippen LogP contribution in [0, 0.1) is 6.92 Å². The van der Waals surface area contributed by atoms with Gasteiger partial charge in [0.2, 0.25) is 0 Å². The lowest BCUT2D eigenvalue weighted by atomic mass is 10.2. The van der Waals surface area contributed by atoms with E-state index in [-0.39, 0.29) is 5.91 Å². The van der Waals surface area contributed by atoms with E-state index in [1.807, 2.05) is 42.6 Å². The normalized spacial score (nSPS) is 10.7. The molecule has 2 heterocycles. The van der Waals surface area contributed by atoms with Gasteiger partial charge in [-0.1, -0.05) is 27.2 Å². The van der Waals surface area contributed by atoms with Crippen LogP contribution in [-0.2, 0) is 6.42 Å². The molecule has 7 heteroatoms. The van der Waals surface area contributed by atoms with Crippen molar-refractivity contribution in [1.82, 2.24) is 20.3 Å². The SMILES string of the molecule is Cc1c(C(=O)NCCc2cccs2)nnn1-c1ccc(Br)cc1. The van der Waals surface area contributed by atoms with E-state index in [4.69, 9.17) is 0 Å². The molecule has 0 saturated carbocycles. The zero-order valence-corrected chi connectivity index (χ0v) is 14.9. The van der Waals surface area contributed by atoms with Crippen molar-refractivity contribution in [3.8, 4) is 5.69 Å². The molecule has 1 amide bonds. The average molecular weight is 391 g/mol. The lowest BCUT2D eigenvalue weighted by Gasteiger charge is -2.05. The predicted octanol–water partition coefficient (Wildman–Crippen LogP) is 3.37. The van der Waals surface area contributed by atoms with Crippen LogP contribution in [0.1, 0.15) is 21.1 Å². The smallest absolute Gasteiger partial charge is 0.273 e. The van der Waals surface area contributed by atoms with Crippen molar-refractivity contribution in [2.24, 2.45) is 0 Å². The molecule has 3 aromatic rings. The van der Waals surface area contributed by atoms with Gasteiger partial charge in [-0.15, -0.1) is 16.4 Å². The van der Waals surface area contributed by atoms with Crippen LogP contribution < -0.4 is 5.32 Å². The minimum absolute atomic E-state index is 0.192. The van der Waals surface area contributed by atoms with Crippen LogP contribution >= 0.6 is 27.3 Å². The molecule has 0 unspecified atom stereocenters. The fourth-order valence-corrected chi connectivity index (χ4v) is 3.18. The van der Waals surface area contributed by atoms with Gasteiger partial charge in [-0.25, -0.2) is 4.68 Å². The minimum atomic E-state index is -0.192. The van der Waals surface area contributed by atoms with Gasteiger partial charge in [0.05, 0.1) is 11.4 Å². The van der Waals surface area contributed by atoms with Gasteiger partial charge in [0.15, 0.2) is 5.69 Å². The number of carbonyl (C=O) groups excluding carboxylic acids is 1. The standard InChI is InChI=1S/C16H15BrN4OS/c1-11-15(16(22)18-9-8-14-3-2-10-23-14)19-20-21(11)13-6-4-12(17)5-7-13/h2-7,10H,8-9H2,1H3,(H,18,22). The third kappa shape index (κ3) is 3.68. The lowest BCUT2D eigenvalue weighted by Crippen LogP contribution is -2.26.